The number of non-ortho nitro benzene ring substituents is 1. The molecule has 0 saturated heterocycles. The van der Waals surface area contributed by atoms with Crippen molar-refractivity contribution in [3.05, 3.63) is 69.8 Å². The molecule has 0 aliphatic carbocycles. The third-order valence-corrected chi connectivity index (χ3v) is 3.16. The molecule has 6 nitrogen and oxygen atoms in total. The number of benzene rings is 2. The zero-order chi connectivity index (χ0) is 16.1. The van der Waals surface area contributed by atoms with E-state index in [0.29, 0.717) is 16.9 Å². The van der Waals surface area contributed by atoms with Crippen LogP contribution in [0.2, 0.25) is 0 Å². The molecule has 2 rings (SSSR count). The monoisotopic (exact) mass is 301 g/mol. The van der Waals surface area contributed by atoms with Crippen LogP contribution < -0.4 is 4.74 Å². The second kappa shape index (κ2) is 6.71. The molecular weight excluding hydrogens is 286 g/mol. The molecule has 1 atom stereocenters. The topological polar surface area (TPSA) is 78.7 Å². The summed E-state index contributed by atoms with van der Waals surface area (Å²) >= 11 is 0. The van der Waals surface area contributed by atoms with Crippen LogP contribution in [-0.4, -0.2) is 18.0 Å². The summed E-state index contributed by atoms with van der Waals surface area (Å²) in [6.45, 7) is 1.66. The highest BCUT2D eigenvalue weighted by Gasteiger charge is 2.18. The number of hydrogen-bond donors (Lipinski definition) is 0. The van der Waals surface area contributed by atoms with E-state index in [1.165, 1.54) is 19.2 Å². The van der Waals surface area contributed by atoms with Crippen molar-refractivity contribution < 1.29 is 19.2 Å². The molecule has 0 saturated carbocycles. The Kier molecular flexibility index (Phi) is 4.73. The smallest absolute Gasteiger partial charge is 0.342 e. The molecular formula is C16H15NO5. The van der Waals surface area contributed by atoms with Crippen LogP contribution in [0.4, 0.5) is 5.69 Å². The van der Waals surface area contributed by atoms with Gasteiger partial charge in [-0.05, 0) is 24.6 Å². The molecule has 0 fully saturated rings. The van der Waals surface area contributed by atoms with E-state index >= 15 is 0 Å². The van der Waals surface area contributed by atoms with Gasteiger partial charge in [0.15, 0.2) is 0 Å². The van der Waals surface area contributed by atoms with Crippen molar-refractivity contribution in [2.75, 3.05) is 7.11 Å². The molecule has 0 aromatic heterocycles. The minimum atomic E-state index is -0.614. The highest BCUT2D eigenvalue weighted by atomic mass is 16.6. The maximum absolute atomic E-state index is 12.2. The van der Waals surface area contributed by atoms with Crippen molar-refractivity contribution in [3.8, 4) is 5.75 Å². The summed E-state index contributed by atoms with van der Waals surface area (Å²) in [7, 11) is 1.47. The predicted molar refractivity (Wildman–Crippen MR) is 79.9 cm³/mol. The van der Waals surface area contributed by atoms with E-state index in [2.05, 4.69) is 0 Å². The fraction of sp³-hybridized carbons (Fsp3) is 0.188. The number of nitro groups is 1. The van der Waals surface area contributed by atoms with Crippen molar-refractivity contribution >= 4 is 11.7 Å². The molecule has 0 aliphatic rings. The molecule has 2 aromatic carbocycles. The predicted octanol–water partition coefficient (Wildman–Crippen LogP) is 3.52. The zero-order valence-corrected chi connectivity index (χ0v) is 12.2. The lowest BCUT2D eigenvalue weighted by atomic mass is 10.1. The number of carbonyl (C=O) groups is 1. The summed E-state index contributed by atoms with van der Waals surface area (Å²) in [6, 6.07) is 12.7. The largest absolute Gasteiger partial charge is 0.496 e. The van der Waals surface area contributed by atoms with E-state index in [1.807, 2.05) is 0 Å². The molecule has 6 heteroatoms. The molecule has 0 bridgehead atoms. The molecule has 0 spiro atoms. The van der Waals surface area contributed by atoms with Crippen LogP contribution in [0.15, 0.2) is 48.5 Å². The van der Waals surface area contributed by atoms with Crippen LogP contribution >= 0.6 is 0 Å². The van der Waals surface area contributed by atoms with Crippen LogP contribution in [0.5, 0.6) is 5.75 Å². The SMILES string of the molecule is COc1ccccc1C(=O)OC(C)c1cccc([N+](=O)[O-])c1. The number of methoxy groups -OCH3 is 1. The molecule has 0 amide bonds. The van der Waals surface area contributed by atoms with Gasteiger partial charge in [0, 0.05) is 12.1 Å². The number of para-hydroxylation sites is 1. The van der Waals surface area contributed by atoms with Gasteiger partial charge in [0.1, 0.15) is 17.4 Å². The average molecular weight is 301 g/mol. The number of hydrogen-bond acceptors (Lipinski definition) is 5. The first-order valence-corrected chi connectivity index (χ1v) is 6.61. The lowest BCUT2D eigenvalue weighted by Crippen LogP contribution is -2.10. The minimum Gasteiger partial charge on any atom is -0.496 e. The van der Waals surface area contributed by atoms with Gasteiger partial charge in [-0.15, -0.1) is 0 Å². The molecule has 22 heavy (non-hydrogen) atoms. The summed E-state index contributed by atoms with van der Waals surface area (Å²) < 4.78 is 10.5. The van der Waals surface area contributed by atoms with Crippen molar-refractivity contribution in [2.24, 2.45) is 0 Å². The Labute approximate surface area is 127 Å². The zero-order valence-electron chi connectivity index (χ0n) is 12.2. The van der Waals surface area contributed by atoms with Crippen molar-refractivity contribution in [2.45, 2.75) is 13.0 Å². The highest BCUT2D eigenvalue weighted by molar-refractivity contribution is 5.92. The van der Waals surface area contributed by atoms with E-state index in [9.17, 15) is 14.9 Å². The van der Waals surface area contributed by atoms with Crippen LogP contribution in [0.1, 0.15) is 28.9 Å². The lowest BCUT2D eigenvalue weighted by Gasteiger charge is -2.14. The highest BCUT2D eigenvalue weighted by Crippen LogP contribution is 2.25. The Hall–Kier alpha value is -2.89. The molecule has 2 aromatic rings. The Morgan fingerprint density at radius 2 is 1.91 bits per heavy atom. The maximum atomic E-state index is 12.2. The number of rotatable bonds is 5. The van der Waals surface area contributed by atoms with Gasteiger partial charge in [-0.2, -0.15) is 0 Å². The van der Waals surface area contributed by atoms with E-state index in [1.54, 1.807) is 43.3 Å². The summed E-state index contributed by atoms with van der Waals surface area (Å²) in [6.07, 6.45) is -0.614. The molecule has 0 radical (unpaired) electrons. The average Bonchev–Trinajstić information content (AvgIpc) is 2.54. The first-order valence-electron chi connectivity index (χ1n) is 6.61. The fourth-order valence-electron chi connectivity index (χ4n) is 2.00. The molecule has 1 unspecified atom stereocenters. The van der Waals surface area contributed by atoms with Gasteiger partial charge in [0.05, 0.1) is 12.0 Å². The second-order valence-electron chi connectivity index (χ2n) is 4.60. The third kappa shape index (κ3) is 3.41. The second-order valence-corrected chi connectivity index (χ2v) is 4.60. The standard InChI is InChI=1S/C16H15NO5/c1-11(12-6-5-7-13(10-12)17(19)20)22-16(18)14-8-3-4-9-15(14)21-2/h3-11H,1-2H3. The molecule has 0 N–H and O–H groups in total. The molecule has 114 valence electrons. The van der Waals surface area contributed by atoms with E-state index in [-0.39, 0.29) is 5.69 Å². The Balaban J connectivity index is 2.18. The van der Waals surface area contributed by atoms with Crippen LogP contribution in [-0.2, 0) is 4.74 Å². The summed E-state index contributed by atoms with van der Waals surface area (Å²) in [4.78, 5) is 22.5. The van der Waals surface area contributed by atoms with Gasteiger partial charge in [-0.25, -0.2) is 4.79 Å². The van der Waals surface area contributed by atoms with Crippen LogP contribution in [0, 0.1) is 10.1 Å². The van der Waals surface area contributed by atoms with Crippen LogP contribution in [0.3, 0.4) is 0 Å². The van der Waals surface area contributed by atoms with Gasteiger partial charge in [0.25, 0.3) is 5.69 Å². The quantitative estimate of drug-likeness (QED) is 0.479. The van der Waals surface area contributed by atoms with E-state index in [0.717, 1.165) is 0 Å². The number of nitro benzene ring substituents is 1. The summed E-state index contributed by atoms with van der Waals surface area (Å²) in [5.74, 6) is -0.129. The van der Waals surface area contributed by atoms with Gasteiger partial charge >= 0.3 is 5.97 Å². The number of nitrogens with zero attached hydrogens (tertiary/aromatic N) is 1. The van der Waals surface area contributed by atoms with Gasteiger partial charge in [-0.3, -0.25) is 10.1 Å². The normalized spacial score (nSPS) is 11.5. The Bertz CT molecular complexity index is 698. The van der Waals surface area contributed by atoms with E-state index in [4.69, 9.17) is 9.47 Å². The lowest BCUT2D eigenvalue weighted by molar-refractivity contribution is -0.385. The third-order valence-electron chi connectivity index (χ3n) is 3.16. The van der Waals surface area contributed by atoms with Crippen LogP contribution in [0.25, 0.3) is 0 Å². The first-order chi connectivity index (χ1) is 10.5. The van der Waals surface area contributed by atoms with Gasteiger partial charge in [0.2, 0.25) is 0 Å². The van der Waals surface area contributed by atoms with Crippen molar-refractivity contribution in [1.29, 1.82) is 0 Å². The Morgan fingerprint density at radius 1 is 1.18 bits per heavy atom. The molecule has 0 aliphatic heterocycles. The number of ether oxygens (including phenoxy) is 2. The van der Waals surface area contributed by atoms with E-state index < -0.39 is 17.0 Å². The molecule has 0 heterocycles. The number of esters is 1. The first kappa shape index (κ1) is 15.5. The maximum Gasteiger partial charge on any atom is 0.342 e. The van der Waals surface area contributed by atoms with Gasteiger partial charge < -0.3 is 9.47 Å². The Morgan fingerprint density at radius 3 is 2.59 bits per heavy atom. The van der Waals surface area contributed by atoms with Crippen molar-refractivity contribution in [3.63, 3.8) is 0 Å². The number of carbonyl (C=O) groups excluding carboxylic acids is 1. The minimum absolute atomic E-state index is 0.0438. The van der Waals surface area contributed by atoms with Gasteiger partial charge in [-0.1, -0.05) is 24.3 Å². The summed E-state index contributed by atoms with van der Waals surface area (Å²) in [5.41, 5.74) is 0.817. The van der Waals surface area contributed by atoms with Crippen molar-refractivity contribution in [1.82, 2.24) is 0 Å². The fourth-order valence-corrected chi connectivity index (χ4v) is 2.00. The summed E-state index contributed by atoms with van der Waals surface area (Å²) in [5, 5.41) is 10.8.